The summed E-state index contributed by atoms with van der Waals surface area (Å²) in [5, 5.41) is 2.82. The van der Waals surface area contributed by atoms with Crippen molar-refractivity contribution in [2.45, 2.75) is 6.92 Å². The lowest BCUT2D eigenvalue weighted by Crippen LogP contribution is -2.08. The summed E-state index contributed by atoms with van der Waals surface area (Å²) in [5.74, 6) is 0.197. The van der Waals surface area contributed by atoms with Crippen LogP contribution in [0.1, 0.15) is 11.5 Å². The first-order valence-electron chi connectivity index (χ1n) is 6.62. The first kappa shape index (κ1) is 13.1. The van der Waals surface area contributed by atoms with E-state index >= 15 is 0 Å². The van der Waals surface area contributed by atoms with Gasteiger partial charge in [0.05, 0.1) is 0 Å². The van der Waals surface area contributed by atoms with Crippen LogP contribution in [-0.2, 0) is 4.79 Å². The lowest BCUT2D eigenvalue weighted by Gasteiger charge is -2.04. The molecule has 104 valence electrons. The molecule has 1 aromatic heterocycles. The van der Waals surface area contributed by atoms with Gasteiger partial charge in [0.1, 0.15) is 5.52 Å². The molecule has 0 aliphatic rings. The van der Waals surface area contributed by atoms with E-state index in [0.717, 1.165) is 16.8 Å². The topological polar surface area (TPSA) is 55.1 Å². The van der Waals surface area contributed by atoms with Gasteiger partial charge in [0.25, 0.3) is 0 Å². The summed E-state index contributed by atoms with van der Waals surface area (Å²) in [6.45, 7) is 1.94. The van der Waals surface area contributed by atoms with Gasteiger partial charge < -0.3 is 9.73 Å². The summed E-state index contributed by atoms with van der Waals surface area (Å²) in [4.78, 5) is 16.2. The first-order valence-corrected chi connectivity index (χ1v) is 6.62. The largest absolute Gasteiger partial charge is 0.437 e. The van der Waals surface area contributed by atoms with Crippen molar-refractivity contribution in [1.82, 2.24) is 4.98 Å². The Morgan fingerprint density at radius 3 is 2.71 bits per heavy atom. The van der Waals surface area contributed by atoms with Crippen molar-refractivity contribution < 1.29 is 9.21 Å². The van der Waals surface area contributed by atoms with Gasteiger partial charge in [-0.2, -0.15) is 0 Å². The molecular formula is C17H14N2O2. The average molecular weight is 278 g/mol. The molecule has 21 heavy (non-hydrogen) atoms. The highest BCUT2D eigenvalue weighted by molar-refractivity contribution is 6.02. The minimum Gasteiger partial charge on any atom is -0.437 e. The van der Waals surface area contributed by atoms with Gasteiger partial charge in [-0.1, -0.05) is 30.3 Å². The molecule has 0 fully saturated rings. The van der Waals surface area contributed by atoms with E-state index in [1.165, 1.54) is 6.08 Å². The fourth-order valence-corrected chi connectivity index (χ4v) is 2.00. The molecule has 0 unspecified atom stereocenters. The number of nitrogens with one attached hydrogen (secondary N) is 1. The number of oxazole rings is 1. The van der Waals surface area contributed by atoms with E-state index in [9.17, 15) is 4.79 Å². The maximum absolute atomic E-state index is 11.9. The normalized spacial score (nSPS) is 11.1. The van der Waals surface area contributed by atoms with Crippen LogP contribution < -0.4 is 5.32 Å². The van der Waals surface area contributed by atoms with Gasteiger partial charge in [-0.05, 0) is 30.7 Å². The summed E-state index contributed by atoms with van der Waals surface area (Å²) in [6, 6.07) is 15.1. The third-order valence-electron chi connectivity index (χ3n) is 3.09. The molecule has 1 heterocycles. The van der Waals surface area contributed by atoms with Crippen molar-refractivity contribution in [2.24, 2.45) is 0 Å². The summed E-state index contributed by atoms with van der Waals surface area (Å²) in [5.41, 5.74) is 3.29. The molecule has 1 N–H and O–H groups in total. The molecule has 0 bridgehead atoms. The standard InChI is InChI=1S/C17H14N2O2/c1-12-6-2-3-7-13(12)18-16(20)10-11-17-19-14-8-4-5-9-15(14)21-17/h2-11H,1H3,(H,18,20)/b11-10+. The van der Waals surface area contributed by atoms with Gasteiger partial charge in [-0.15, -0.1) is 0 Å². The fraction of sp³-hybridized carbons (Fsp3) is 0.0588. The molecular weight excluding hydrogens is 264 g/mol. The number of nitrogens with zero attached hydrogens (tertiary/aromatic N) is 1. The Balaban J connectivity index is 1.73. The Morgan fingerprint density at radius 1 is 1.14 bits per heavy atom. The molecule has 4 nitrogen and oxygen atoms in total. The first-order chi connectivity index (χ1) is 10.2. The Labute approximate surface area is 122 Å². The maximum Gasteiger partial charge on any atom is 0.248 e. The number of fused-ring (bicyclic) bond motifs is 1. The van der Waals surface area contributed by atoms with Crippen LogP contribution in [0.2, 0.25) is 0 Å². The van der Waals surface area contributed by atoms with Crippen LogP contribution in [0.3, 0.4) is 0 Å². The number of carbonyl (C=O) groups is 1. The quantitative estimate of drug-likeness (QED) is 0.742. The van der Waals surface area contributed by atoms with E-state index in [2.05, 4.69) is 10.3 Å². The monoisotopic (exact) mass is 278 g/mol. The van der Waals surface area contributed by atoms with Crippen molar-refractivity contribution in [3.8, 4) is 0 Å². The molecule has 0 radical (unpaired) electrons. The Bertz CT molecular complexity index is 785. The molecule has 4 heteroatoms. The van der Waals surface area contributed by atoms with Crippen molar-refractivity contribution in [3.63, 3.8) is 0 Å². The van der Waals surface area contributed by atoms with Crippen molar-refractivity contribution >= 4 is 28.8 Å². The molecule has 1 amide bonds. The third kappa shape index (κ3) is 3.00. The summed E-state index contributed by atoms with van der Waals surface area (Å²) in [6.07, 6.45) is 2.98. The highest BCUT2D eigenvalue weighted by atomic mass is 16.3. The van der Waals surface area contributed by atoms with Gasteiger partial charge in [-0.25, -0.2) is 4.98 Å². The van der Waals surface area contributed by atoms with E-state index < -0.39 is 0 Å². The molecule has 3 aromatic rings. The van der Waals surface area contributed by atoms with Crippen LogP contribution in [0.25, 0.3) is 17.2 Å². The van der Waals surface area contributed by atoms with Crippen LogP contribution in [0.4, 0.5) is 5.69 Å². The Hall–Kier alpha value is -2.88. The second-order valence-corrected chi connectivity index (χ2v) is 4.66. The molecule has 0 atom stereocenters. The summed E-state index contributed by atoms with van der Waals surface area (Å²) in [7, 11) is 0. The van der Waals surface area contributed by atoms with Crippen LogP contribution in [0.15, 0.2) is 59.0 Å². The number of anilines is 1. The summed E-state index contributed by atoms with van der Waals surface area (Å²) >= 11 is 0. The number of aromatic nitrogens is 1. The van der Waals surface area contributed by atoms with E-state index in [1.807, 2.05) is 55.5 Å². The van der Waals surface area contributed by atoms with Gasteiger partial charge in [0.2, 0.25) is 11.8 Å². The lowest BCUT2D eigenvalue weighted by atomic mass is 10.2. The van der Waals surface area contributed by atoms with Gasteiger partial charge in [-0.3, -0.25) is 4.79 Å². The minimum absolute atomic E-state index is 0.216. The van der Waals surface area contributed by atoms with Crippen molar-refractivity contribution in [2.75, 3.05) is 5.32 Å². The van der Waals surface area contributed by atoms with E-state index in [-0.39, 0.29) is 5.91 Å². The van der Waals surface area contributed by atoms with Gasteiger partial charge in [0, 0.05) is 17.8 Å². The summed E-state index contributed by atoms with van der Waals surface area (Å²) < 4.78 is 5.51. The van der Waals surface area contributed by atoms with E-state index in [4.69, 9.17) is 4.42 Å². The zero-order chi connectivity index (χ0) is 14.7. The molecule has 0 saturated carbocycles. The van der Waals surface area contributed by atoms with Gasteiger partial charge in [0.15, 0.2) is 5.58 Å². The van der Waals surface area contributed by atoms with Crippen molar-refractivity contribution in [1.29, 1.82) is 0 Å². The predicted octanol–water partition coefficient (Wildman–Crippen LogP) is 3.79. The second-order valence-electron chi connectivity index (χ2n) is 4.66. The molecule has 0 saturated heterocycles. The zero-order valence-electron chi connectivity index (χ0n) is 11.5. The number of carbonyl (C=O) groups excluding carboxylic acids is 1. The Kier molecular flexibility index (Phi) is 3.51. The number of hydrogen-bond donors (Lipinski definition) is 1. The number of amides is 1. The van der Waals surface area contributed by atoms with Crippen molar-refractivity contribution in [3.05, 3.63) is 66.1 Å². The fourth-order valence-electron chi connectivity index (χ4n) is 2.00. The van der Waals surface area contributed by atoms with E-state index in [0.29, 0.717) is 11.5 Å². The SMILES string of the molecule is Cc1ccccc1NC(=O)/C=C/c1nc2ccccc2o1. The second kappa shape index (κ2) is 5.63. The third-order valence-corrected chi connectivity index (χ3v) is 3.09. The maximum atomic E-state index is 11.9. The van der Waals surface area contributed by atoms with Crippen LogP contribution in [-0.4, -0.2) is 10.9 Å². The number of hydrogen-bond acceptors (Lipinski definition) is 3. The smallest absolute Gasteiger partial charge is 0.248 e. The number of aryl methyl sites for hydroxylation is 1. The highest BCUT2D eigenvalue weighted by Gasteiger charge is 2.03. The molecule has 0 aliphatic heterocycles. The molecule has 0 aliphatic carbocycles. The number of rotatable bonds is 3. The Morgan fingerprint density at radius 2 is 1.90 bits per heavy atom. The number of para-hydroxylation sites is 3. The molecule has 0 spiro atoms. The number of benzene rings is 2. The predicted molar refractivity (Wildman–Crippen MR) is 82.9 cm³/mol. The van der Waals surface area contributed by atoms with Crippen LogP contribution >= 0.6 is 0 Å². The lowest BCUT2D eigenvalue weighted by molar-refractivity contribution is -0.111. The van der Waals surface area contributed by atoms with Crippen LogP contribution in [0, 0.1) is 6.92 Å². The molecule has 3 rings (SSSR count). The highest BCUT2D eigenvalue weighted by Crippen LogP contribution is 2.16. The van der Waals surface area contributed by atoms with E-state index in [1.54, 1.807) is 6.08 Å². The van der Waals surface area contributed by atoms with Gasteiger partial charge >= 0.3 is 0 Å². The zero-order valence-corrected chi connectivity index (χ0v) is 11.5. The minimum atomic E-state index is -0.216. The van der Waals surface area contributed by atoms with Crippen LogP contribution in [0.5, 0.6) is 0 Å². The molecule has 2 aromatic carbocycles. The average Bonchev–Trinajstić information content (AvgIpc) is 2.90.